The average molecular weight is 289 g/mol. The standard InChI is InChI=1S/C13H25BrN2/c1-12-11-16(10-5-13(12)14)9-4-8-15-6-2-3-7-15/h12-13H,2-11H2,1H3. The van der Waals surface area contributed by atoms with E-state index in [9.17, 15) is 0 Å². The monoisotopic (exact) mass is 288 g/mol. The summed E-state index contributed by atoms with van der Waals surface area (Å²) in [6.07, 6.45) is 5.53. The van der Waals surface area contributed by atoms with Crippen molar-refractivity contribution in [3.05, 3.63) is 0 Å². The van der Waals surface area contributed by atoms with Gasteiger partial charge in [-0.1, -0.05) is 22.9 Å². The van der Waals surface area contributed by atoms with Crippen molar-refractivity contribution in [1.29, 1.82) is 0 Å². The van der Waals surface area contributed by atoms with Gasteiger partial charge in [-0.15, -0.1) is 0 Å². The van der Waals surface area contributed by atoms with Gasteiger partial charge in [-0.3, -0.25) is 0 Å². The van der Waals surface area contributed by atoms with Crippen LogP contribution in [-0.4, -0.2) is 53.9 Å². The van der Waals surface area contributed by atoms with Crippen LogP contribution in [0.15, 0.2) is 0 Å². The maximum atomic E-state index is 3.77. The van der Waals surface area contributed by atoms with E-state index < -0.39 is 0 Å². The highest BCUT2D eigenvalue weighted by molar-refractivity contribution is 9.09. The molecule has 16 heavy (non-hydrogen) atoms. The number of rotatable bonds is 4. The molecule has 3 heteroatoms. The Morgan fingerprint density at radius 2 is 1.75 bits per heavy atom. The second kappa shape index (κ2) is 6.36. The minimum Gasteiger partial charge on any atom is -0.303 e. The molecule has 0 bridgehead atoms. The molecule has 2 aliphatic heterocycles. The number of piperidine rings is 1. The fourth-order valence-corrected chi connectivity index (χ4v) is 3.30. The van der Waals surface area contributed by atoms with Gasteiger partial charge in [0.2, 0.25) is 0 Å². The summed E-state index contributed by atoms with van der Waals surface area (Å²) in [7, 11) is 0. The maximum absolute atomic E-state index is 3.77. The number of alkyl halides is 1. The minimum atomic E-state index is 0.752. The lowest BCUT2D eigenvalue weighted by atomic mass is 10.00. The average Bonchev–Trinajstić information content (AvgIpc) is 2.76. The van der Waals surface area contributed by atoms with Crippen LogP contribution in [0.1, 0.15) is 32.6 Å². The van der Waals surface area contributed by atoms with Crippen molar-refractivity contribution in [2.45, 2.75) is 37.4 Å². The molecule has 0 aromatic rings. The summed E-state index contributed by atoms with van der Waals surface area (Å²) < 4.78 is 0. The SMILES string of the molecule is CC1CN(CCCN2CCCC2)CCC1Br. The lowest BCUT2D eigenvalue weighted by Gasteiger charge is -2.34. The number of hydrogen-bond donors (Lipinski definition) is 0. The first-order chi connectivity index (χ1) is 7.75. The zero-order valence-corrected chi connectivity index (χ0v) is 12.1. The van der Waals surface area contributed by atoms with E-state index >= 15 is 0 Å². The number of hydrogen-bond acceptors (Lipinski definition) is 2. The molecule has 2 aliphatic rings. The summed E-state index contributed by atoms with van der Waals surface area (Å²) in [5.41, 5.74) is 0. The highest BCUT2D eigenvalue weighted by atomic mass is 79.9. The molecule has 2 atom stereocenters. The maximum Gasteiger partial charge on any atom is 0.0195 e. The Bertz CT molecular complexity index is 204. The van der Waals surface area contributed by atoms with Gasteiger partial charge in [-0.25, -0.2) is 0 Å². The van der Waals surface area contributed by atoms with Gasteiger partial charge in [0.15, 0.2) is 0 Å². The van der Waals surface area contributed by atoms with Gasteiger partial charge in [0, 0.05) is 11.4 Å². The van der Waals surface area contributed by atoms with Gasteiger partial charge in [0.05, 0.1) is 0 Å². The second-order valence-electron chi connectivity index (χ2n) is 5.48. The topological polar surface area (TPSA) is 6.48 Å². The molecule has 0 aromatic heterocycles. The van der Waals surface area contributed by atoms with Crippen LogP contribution in [-0.2, 0) is 0 Å². The van der Waals surface area contributed by atoms with Crippen LogP contribution in [0, 0.1) is 5.92 Å². The first-order valence-corrected chi connectivity index (χ1v) is 7.76. The van der Waals surface area contributed by atoms with E-state index in [-0.39, 0.29) is 0 Å². The summed E-state index contributed by atoms with van der Waals surface area (Å²) in [5.74, 6) is 0.820. The Balaban J connectivity index is 1.59. The molecular weight excluding hydrogens is 264 g/mol. The van der Waals surface area contributed by atoms with Gasteiger partial charge in [-0.05, 0) is 64.3 Å². The molecule has 0 aliphatic carbocycles. The van der Waals surface area contributed by atoms with Crippen molar-refractivity contribution in [3.63, 3.8) is 0 Å². The van der Waals surface area contributed by atoms with E-state index in [4.69, 9.17) is 0 Å². The molecule has 2 nitrogen and oxygen atoms in total. The highest BCUT2D eigenvalue weighted by Crippen LogP contribution is 2.23. The molecule has 0 amide bonds. The highest BCUT2D eigenvalue weighted by Gasteiger charge is 2.23. The van der Waals surface area contributed by atoms with Gasteiger partial charge >= 0.3 is 0 Å². The molecule has 0 radical (unpaired) electrons. The molecule has 0 N–H and O–H groups in total. The number of likely N-dealkylation sites (tertiary alicyclic amines) is 2. The van der Waals surface area contributed by atoms with Crippen molar-refractivity contribution in [2.24, 2.45) is 5.92 Å². The molecule has 0 spiro atoms. The zero-order chi connectivity index (χ0) is 11.4. The summed E-state index contributed by atoms with van der Waals surface area (Å²) in [5, 5.41) is 0. The van der Waals surface area contributed by atoms with Crippen LogP contribution in [0.2, 0.25) is 0 Å². The van der Waals surface area contributed by atoms with E-state index in [0.717, 1.165) is 10.7 Å². The van der Waals surface area contributed by atoms with E-state index in [1.807, 2.05) is 0 Å². The second-order valence-corrected chi connectivity index (χ2v) is 6.66. The van der Waals surface area contributed by atoms with Crippen LogP contribution in [0.5, 0.6) is 0 Å². The van der Waals surface area contributed by atoms with Crippen LogP contribution in [0.3, 0.4) is 0 Å². The lowest BCUT2D eigenvalue weighted by Crippen LogP contribution is -2.40. The Labute approximate surface area is 108 Å². The van der Waals surface area contributed by atoms with E-state index in [0.29, 0.717) is 0 Å². The third kappa shape index (κ3) is 3.71. The van der Waals surface area contributed by atoms with Crippen molar-refractivity contribution < 1.29 is 0 Å². The third-order valence-electron chi connectivity index (χ3n) is 4.03. The molecule has 2 heterocycles. The molecule has 0 aromatic carbocycles. The molecule has 94 valence electrons. The predicted octanol–water partition coefficient (Wildman–Crippen LogP) is 2.58. The van der Waals surface area contributed by atoms with Crippen LogP contribution >= 0.6 is 15.9 Å². The molecule has 2 rings (SSSR count). The van der Waals surface area contributed by atoms with Crippen molar-refractivity contribution in [1.82, 2.24) is 9.80 Å². The molecule has 2 fully saturated rings. The van der Waals surface area contributed by atoms with E-state index in [1.54, 1.807) is 0 Å². The smallest absolute Gasteiger partial charge is 0.0195 e. The van der Waals surface area contributed by atoms with Crippen molar-refractivity contribution in [3.8, 4) is 0 Å². The lowest BCUT2D eigenvalue weighted by molar-refractivity contribution is 0.180. The van der Waals surface area contributed by atoms with Gasteiger partial charge < -0.3 is 9.80 Å². The van der Waals surface area contributed by atoms with Crippen LogP contribution in [0.25, 0.3) is 0 Å². The zero-order valence-electron chi connectivity index (χ0n) is 10.5. The summed E-state index contributed by atoms with van der Waals surface area (Å²) >= 11 is 3.77. The van der Waals surface area contributed by atoms with Crippen molar-refractivity contribution >= 4 is 15.9 Å². The number of halogens is 1. The normalized spacial score (nSPS) is 33.4. The summed E-state index contributed by atoms with van der Waals surface area (Å²) in [4.78, 5) is 6.03. The summed E-state index contributed by atoms with van der Waals surface area (Å²) in [6.45, 7) is 10.3. The molecule has 0 saturated carbocycles. The fourth-order valence-electron chi connectivity index (χ4n) is 2.93. The van der Waals surface area contributed by atoms with E-state index in [2.05, 4.69) is 32.7 Å². The van der Waals surface area contributed by atoms with Gasteiger partial charge in [0.25, 0.3) is 0 Å². The predicted molar refractivity (Wildman–Crippen MR) is 73.2 cm³/mol. The minimum absolute atomic E-state index is 0.752. The quantitative estimate of drug-likeness (QED) is 0.734. The third-order valence-corrected chi connectivity index (χ3v) is 5.39. The largest absolute Gasteiger partial charge is 0.303 e. The van der Waals surface area contributed by atoms with Crippen molar-refractivity contribution in [2.75, 3.05) is 39.3 Å². The molecule has 2 unspecified atom stereocenters. The Morgan fingerprint density at radius 3 is 2.44 bits per heavy atom. The first kappa shape index (κ1) is 12.8. The Kier molecular flexibility index (Phi) is 5.11. The number of nitrogens with zero attached hydrogens (tertiary/aromatic N) is 2. The first-order valence-electron chi connectivity index (χ1n) is 6.84. The Hall–Kier alpha value is 0.400. The van der Waals surface area contributed by atoms with Gasteiger partial charge in [0.1, 0.15) is 0 Å². The fraction of sp³-hybridized carbons (Fsp3) is 1.00. The van der Waals surface area contributed by atoms with Gasteiger partial charge in [-0.2, -0.15) is 0 Å². The molecule has 2 saturated heterocycles. The Morgan fingerprint density at radius 1 is 1.06 bits per heavy atom. The van der Waals surface area contributed by atoms with E-state index in [1.165, 1.54) is 65.0 Å². The van der Waals surface area contributed by atoms with Crippen LogP contribution < -0.4 is 0 Å². The molecular formula is C13H25BrN2. The van der Waals surface area contributed by atoms with Crippen LogP contribution in [0.4, 0.5) is 0 Å². The summed E-state index contributed by atoms with van der Waals surface area (Å²) in [6, 6.07) is 0.